The average molecular weight is 409 g/mol. The van der Waals surface area contributed by atoms with Gasteiger partial charge in [-0.05, 0) is 23.3 Å². The largest absolute Gasteiger partial charge is 0.383 e. The van der Waals surface area contributed by atoms with Gasteiger partial charge in [-0.25, -0.2) is 4.98 Å². The van der Waals surface area contributed by atoms with Gasteiger partial charge in [0, 0.05) is 52.9 Å². The van der Waals surface area contributed by atoms with Crippen molar-refractivity contribution in [1.82, 2.24) is 9.88 Å². The number of halogens is 2. The molecule has 4 rings (SSSR count). The first-order chi connectivity index (χ1) is 13.6. The first kappa shape index (κ1) is 18.8. The summed E-state index contributed by atoms with van der Waals surface area (Å²) in [6, 6.07) is 17.9. The quantitative estimate of drug-likeness (QED) is 0.656. The summed E-state index contributed by atoms with van der Waals surface area (Å²) in [5, 5.41) is 10.8. The van der Waals surface area contributed by atoms with E-state index in [9.17, 15) is 5.26 Å². The molecule has 1 aliphatic rings. The van der Waals surface area contributed by atoms with Crippen LogP contribution in [0.15, 0.2) is 48.5 Å². The molecule has 6 heteroatoms. The second-order valence-electron chi connectivity index (χ2n) is 6.85. The van der Waals surface area contributed by atoms with Crippen molar-refractivity contribution in [2.45, 2.75) is 19.5 Å². The number of fused-ring (bicyclic) bond motifs is 1. The Kier molecular flexibility index (Phi) is 5.23. The van der Waals surface area contributed by atoms with Gasteiger partial charge in [0.2, 0.25) is 0 Å². The van der Waals surface area contributed by atoms with Crippen molar-refractivity contribution in [1.29, 1.82) is 5.26 Å². The third kappa shape index (κ3) is 3.57. The highest BCUT2D eigenvalue weighted by Gasteiger charge is 2.26. The van der Waals surface area contributed by atoms with Crippen LogP contribution >= 0.6 is 23.2 Å². The lowest BCUT2D eigenvalue weighted by atomic mass is 9.91. The van der Waals surface area contributed by atoms with E-state index in [1.807, 2.05) is 24.3 Å². The van der Waals surface area contributed by atoms with E-state index in [0.717, 1.165) is 41.9 Å². The molecule has 1 aliphatic heterocycles. The molecule has 0 saturated heterocycles. The summed E-state index contributed by atoms with van der Waals surface area (Å²) in [5.74, 6) is 0.249. The van der Waals surface area contributed by atoms with Gasteiger partial charge in [0.1, 0.15) is 17.5 Å². The third-order valence-corrected chi connectivity index (χ3v) is 5.57. The van der Waals surface area contributed by atoms with Crippen molar-refractivity contribution in [3.8, 4) is 17.2 Å². The lowest BCUT2D eigenvalue weighted by molar-refractivity contribution is 0.244. The van der Waals surface area contributed by atoms with Gasteiger partial charge in [-0.15, -0.1) is 0 Å². The van der Waals surface area contributed by atoms with Gasteiger partial charge in [-0.2, -0.15) is 5.26 Å². The average Bonchev–Trinajstić information content (AvgIpc) is 2.68. The van der Waals surface area contributed by atoms with Crippen LogP contribution < -0.4 is 5.73 Å². The molecule has 0 radical (unpaired) electrons. The molecule has 28 heavy (non-hydrogen) atoms. The number of benzene rings is 2. The fraction of sp³-hybridized carbons (Fsp3) is 0.182. The zero-order valence-electron chi connectivity index (χ0n) is 15.1. The summed E-state index contributed by atoms with van der Waals surface area (Å²) in [5.41, 5.74) is 11.2. The number of rotatable bonds is 3. The number of nitriles is 1. The summed E-state index contributed by atoms with van der Waals surface area (Å²) < 4.78 is 0. The number of nitrogens with two attached hydrogens (primary N) is 1. The highest BCUT2D eigenvalue weighted by atomic mass is 35.5. The van der Waals surface area contributed by atoms with Gasteiger partial charge in [0.15, 0.2) is 0 Å². The van der Waals surface area contributed by atoms with Crippen LogP contribution in [0.5, 0.6) is 0 Å². The van der Waals surface area contributed by atoms with E-state index in [1.54, 1.807) is 12.1 Å². The fourth-order valence-corrected chi connectivity index (χ4v) is 4.22. The topological polar surface area (TPSA) is 65.9 Å². The van der Waals surface area contributed by atoms with Crippen molar-refractivity contribution >= 4 is 29.0 Å². The Labute approximate surface area is 174 Å². The molecule has 140 valence electrons. The smallest absolute Gasteiger partial charge is 0.142 e. The number of nitrogens with zero attached hydrogens (tertiary/aromatic N) is 3. The van der Waals surface area contributed by atoms with Crippen LogP contribution in [0.25, 0.3) is 11.1 Å². The zero-order chi connectivity index (χ0) is 19.7. The minimum absolute atomic E-state index is 0.249. The van der Waals surface area contributed by atoms with Gasteiger partial charge in [-0.1, -0.05) is 59.6 Å². The van der Waals surface area contributed by atoms with E-state index < -0.39 is 0 Å². The summed E-state index contributed by atoms with van der Waals surface area (Å²) in [4.78, 5) is 6.87. The molecule has 0 saturated carbocycles. The van der Waals surface area contributed by atoms with Gasteiger partial charge in [0.25, 0.3) is 0 Å². The number of nitrogen functional groups attached to an aromatic ring is 1. The van der Waals surface area contributed by atoms with Crippen molar-refractivity contribution in [3.05, 3.63) is 81.0 Å². The number of anilines is 1. The van der Waals surface area contributed by atoms with Crippen molar-refractivity contribution in [3.63, 3.8) is 0 Å². The molecule has 0 atom stereocenters. The van der Waals surface area contributed by atoms with E-state index in [-0.39, 0.29) is 5.82 Å². The number of hydrogen-bond donors (Lipinski definition) is 1. The van der Waals surface area contributed by atoms with Gasteiger partial charge < -0.3 is 5.73 Å². The highest BCUT2D eigenvalue weighted by Crippen LogP contribution is 2.39. The number of aromatic nitrogens is 1. The number of hydrogen-bond acceptors (Lipinski definition) is 4. The molecule has 4 nitrogen and oxygen atoms in total. The Bertz CT molecular complexity index is 1070. The summed E-state index contributed by atoms with van der Waals surface area (Å²) in [6.45, 7) is 2.40. The predicted molar refractivity (Wildman–Crippen MR) is 113 cm³/mol. The van der Waals surface area contributed by atoms with Crippen molar-refractivity contribution < 1.29 is 0 Å². The van der Waals surface area contributed by atoms with Gasteiger partial charge in [-0.3, -0.25) is 4.90 Å². The zero-order valence-corrected chi connectivity index (χ0v) is 16.6. The van der Waals surface area contributed by atoms with Gasteiger partial charge in [0.05, 0.1) is 0 Å². The maximum Gasteiger partial charge on any atom is 0.142 e. The second kappa shape index (κ2) is 7.81. The highest BCUT2D eigenvalue weighted by molar-refractivity contribution is 6.36. The molecule has 0 aliphatic carbocycles. The summed E-state index contributed by atoms with van der Waals surface area (Å²) >= 11 is 12.6. The molecule has 2 aromatic carbocycles. The van der Waals surface area contributed by atoms with Crippen LogP contribution in [0, 0.1) is 11.3 Å². The molecule has 0 amide bonds. The lowest BCUT2D eigenvalue weighted by Gasteiger charge is -2.30. The molecule has 2 N–H and O–H groups in total. The predicted octanol–water partition coefficient (Wildman–Crippen LogP) is 5.07. The Balaban J connectivity index is 1.81. The molecular formula is C22H18Cl2N4. The minimum Gasteiger partial charge on any atom is -0.383 e. The molecule has 0 bridgehead atoms. The summed E-state index contributed by atoms with van der Waals surface area (Å²) in [6.07, 6.45) is 0.774. The maximum absolute atomic E-state index is 9.76. The fourth-order valence-electron chi connectivity index (χ4n) is 3.72. The van der Waals surface area contributed by atoms with Gasteiger partial charge >= 0.3 is 0 Å². The van der Waals surface area contributed by atoms with E-state index in [1.165, 1.54) is 5.56 Å². The van der Waals surface area contributed by atoms with E-state index in [4.69, 9.17) is 28.9 Å². The molecule has 2 heterocycles. The van der Waals surface area contributed by atoms with E-state index in [2.05, 4.69) is 28.1 Å². The summed E-state index contributed by atoms with van der Waals surface area (Å²) in [7, 11) is 0. The maximum atomic E-state index is 9.76. The molecule has 3 aromatic rings. The Morgan fingerprint density at radius 1 is 1.14 bits per heavy atom. The molecule has 1 aromatic heterocycles. The lowest BCUT2D eigenvalue weighted by Crippen LogP contribution is -2.31. The standard InChI is InChI=1S/C22H18Cl2N4/c23-15-6-7-16(19(24)10-15)21-17(11-25)22(26)27-20-8-9-28(13-18(20)21)12-14-4-2-1-3-5-14/h1-7,10H,8-9,12-13H2,(H2,26,27). The molecule has 0 fully saturated rings. The Morgan fingerprint density at radius 2 is 1.93 bits per heavy atom. The van der Waals surface area contributed by atoms with Crippen LogP contribution in [0.1, 0.15) is 22.4 Å². The van der Waals surface area contributed by atoms with Crippen LogP contribution in [0.2, 0.25) is 10.0 Å². The first-order valence-corrected chi connectivity index (χ1v) is 9.75. The van der Waals surface area contributed by atoms with Crippen LogP contribution in [0.4, 0.5) is 5.82 Å². The van der Waals surface area contributed by atoms with Crippen LogP contribution in [0.3, 0.4) is 0 Å². The Morgan fingerprint density at radius 3 is 2.64 bits per heavy atom. The van der Waals surface area contributed by atoms with E-state index in [0.29, 0.717) is 22.2 Å². The number of pyridine rings is 1. The van der Waals surface area contributed by atoms with Crippen molar-refractivity contribution in [2.75, 3.05) is 12.3 Å². The SMILES string of the molecule is N#Cc1c(N)nc2c(c1-c1ccc(Cl)cc1Cl)CN(Cc1ccccc1)CC2. The minimum atomic E-state index is 0.249. The normalized spacial score (nSPS) is 13.8. The monoisotopic (exact) mass is 408 g/mol. The Hall–Kier alpha value is -2.58. The molecule has 0 spiro atoms. The van der Waals surface area contributed by atoms with Crippen molar-refractivity contribution in [2.24, 2.45) is 0 Å². The second-order valence-corrected chi connectivity index (χ2v) is 7.70. The van der Waals surface area contributed by atoms with Crippen LogP contribution in [-0.2, 0) is 19.5 Å². The third-order valence-electron chi connectivity index (χ3n) is 5.02. The molecular weight excluding hydrogens is 391 g/mol. The molecule has 0 unspecified atom stereocenters. The van der Waals surface area contributed by atoms with E-state index >= 15 is 0 Å². The first-order valence-electron chi connectivity index (χ1n) is 9.00. The van der Waals surface area contributed by atoms with Crippen LogP contribution in [-0.4, -0.2) is 16.4 Å².